The van der Waals surface area contributed by atoms with E-state index in [-0.39, 0.29) is 30.9 Å². The van der Waals surface area contributed by atoms with E-state index < -0.39 is 11.9 Å². The molecular weight excluding hydrogens is 380 g/mol. The van der Waals surface area contributed by atoms with Crippen LogP contribution in [0.5, 0.6) is 0 Å². The second-order valence-electron chi connectivity index (χ2n) is 6.48. The summed E-state index contributed by atoms with van der Waals surface area (Å²) in [5, 5.41) is 14.2. The molecule has 1 heterocycles. The topological polar surface area (TPSA) is 144 Å². The molecule has 0 unspecified atom stereocenters. The summed E-state index contributed by atoms with van der Waals surface area (Å²) in [7, 11) is 0. The van der Waals surface area contributed by atoms with Crippen molar-refractivity contribution in [3.05, 3.63) is 29.8 Å². The zero-order valence-corrected chi connectivity index (χ0v) is 16.3. The number of ether oxygens (including phenoxy) is 2. The Morgan fingerprint density at radius 2 is 1.90 bits per heavy atom. The number of anilines is 1. The van der Waals surface area contributed by atoms with Gasteiger partial charge in [-0.1, -0.05) is 5.16 Å². The molecular formula is C19H26N4O6. The maximum atomic E-state index is 12.3. The summed E-state index contributed by atoms with van der Waals surface area (Å²) in [5.74, 6) is -1.12. The molecule has 1 saturated heterocycles. The van der Waals surface area contributed by atoms with Gasteiger partial charge in [0.1, 0.15) is 13.0 Å². The van der Waals surface area contributed by atoms with Crippen LogP contribution in [0, 0.1) is 0 Å². The lowest BCUT2D eigenvalue weighted by Crippen LogP contribution is -2.42. The highest BCUT2D eigenvalue weighted by Crippen LogP contribution is 2.15. The number of amides is 2. The van der Waals surface area contributed by atoms with Crippen molar-refractivity contribution in [1.82, 2.24) is 4.90 Å². The van der Waals surface area contributed by atoms with Crippen molar-refractivity contribution in [3.63, 3.8) is 0 Å². The summed E-state index contributed by atoms with van der Waals surface area (Å²) in [6.07, 6.45) is 0.825. The smallest absolute Gasteiger partial charge is 0.332 e. The van der Waals surface area contributed by atoms with E-state index in [0.29, 0.717) is 43.8 Å². The molecule has 1 aliphatic heterocycles. The molecule has 2 rings (SSSR count). The third-order valence-electron chi connectivity index (χ3n) is 4.42. The first-order chi connectivity index (χ1) is 13.9. The molecule has 4 N–H and O–H groups in total. The van der Waals surface area contributed by atoms with Crippen LogP contribution in [0.4, 0.5) is 5.69 Å². The number of nitrogens with one attached hydrogen (secondary N) is 1. The lowest BCUT2D eigenvalue weighted by atomic mass is 10.1. The monoisotopic (exact) mass is 406 g/mol. The van der Waals surface area contributed by atoms with Crippen LogP contribution in [0.2, 0.25) is 0 Å². The third kappa shape index (κ3) is 7.07. The van der Waals surface area contributed by atoms with Gasteiger partial charge in [-0.2, -0.15) is 0 Å². The van der Waals surface area contributed by atoms with E-state index in [1.54, 1.807) is 36.1 Å². The fourth-order valence-corrected chi connectivity index (χ4v) is 2.90. The number of amidine groups is 1. The van der Waals surface area contributed by atoms with Crippen molar-refractivity contribution >= 4 is 29.3 Å². The van der Waals surface area contributed by atoms with Crippen molar-refractivity contribution < 1.29 is 29.1 Å². The molecule has 0 bridgehead atoms. The molecule has 0 atom stereocenters. The Morgan fingerprint density at radius 3 is 2.48 bits per heavy atom. The van der Waals surface area contributed by atoms with Gasteiger partial charge in [0.15, 0.2) is 5.84 Å². The van der Waals surface area contributed by atoms with E-state index in [4.69, 9.17) is 20.4 Å². The summed E-state index contributed by atoms with van der Waals surface area (Å²) in [6, 6.07) is 6.38. The quantitative estimate of drug-likeness (QED) is 0.144. The second-order valence-corrected chi connectivity index (χ2v) is 6.48. The van der Waals surface area contributed by atoms with Gasteiger partial charge in [0.25, 0.3) is 0 Å². The lowest BCUT2D eigenvalue weighted by Gasteiger charge is -2.31. The fraction of sp³-hybridized carbons (Fsp3) is 0.474. The molecule has 1 aliphatic rings. The number of carbonyl (C=O) groups is 3. The molecule has 0 radical (unpaired) electrons. The molecule has 10 nitrogen and oxygen atoms in total. The number of carbonyl (C=O) groups excluding carboxylic acids is 3. The zero-order valence-electron chi connectivity index (χ0n) is 16.3. The highest BCUT2D eigenvalue weighted by Gasteiger charge is 2.25. The second kappa shape index (κ2) is 11.0. The van der Waals surface area contributed by atoms with Crippen LogP contribution in [-0.2, 0) is 23.9 Å². The summed E-state index contributed by atoms with van der Waals surface area (Å²) >= 11 is 0. The van der Waals surface area contributed by atoms with E-state index in [2.05, 4.69) is 10.5 Å². The summed E-state index contributed by atoms with van der Waals surface area (Å²) in [6.45, 7) is 2.88. The Labute approximate surface area is 168 Å². The van der Waals surface area contributed by atoms with E-state index in [9.17, 15) is 14.4 Å². The molecule has 1 aromatic rings. The molecule has 0 aliphatic carbocycles. The summed E-state index contributed by atoms with van der Waals surface area (Å²) in [4.78, 5) is 37.4. The predicted molar refractivity (Wildman–Crippen MR) is 104 cm³/mol. The molecule has 1 fully saturated rings. The van der Waals surface area contributed by atoms with Crippen LogP contribution in [0.15, 0.2) is 29.4 Å². The van der Waals surface area contributed by atoms with E-state index in [1.165, 1.54) is 0 Å². The number of nitrogens with zero attached hydrogens (tertiary/aromatic N) is 2. The molecule has 0 saturated carbocycles. The number of nitrogens with two attached hydrogens (primary N) is 1. The number of esters is 1. The summed E-state index contributed by atoms with van der Waals surface area (Å²) in [5.41, 5.74) is 6.49. The molecule has 0 aromatic heterocycles. The fourth-order valence-electron chi connectivity index (χ4n) is 2.90. The van der Waals surface area contributed by atoms with Crippen LogP contribution in [-0.4, -0.2) is 66.1 Å². The van der Waals surface area contributed by atoms with Gasteiger partial charge in [0, 0.05) is 24.3 Å². The van der Waals surface area contributed by atoms with Gasteiger partial charge < -0.3 is 30.6 Å². The van der Waals surface area contributed by atoms with Gasteiger partial charge >= 0.3 is 5.97 Å². The Kier molecular flexibility index (Phi) is 8.41. The van der Waals surface area contributed by atoms with Crippen LogP contribution in [0.1, 0.15) is 31.7 Å². The van der Waals surface area contributed by atoms with Crippen molar-refractivity contribution in [2.45, 2.75) is 32.3 Å². The van der Waals surface area contributed by atoms with Crippen LogP contribution < -0.4 is 11.1 Å². The largest absolute Gasteiger partial charge is 0.464 e. The van der Waals surface area contributed by atoms with Gasteiger partial charge in [-0.05, 0) is 44.0 Å². The first kappa shape index (κ1) is 22.2. The number of hydrogen-bond acceptors (Lipinski definition) is 7. The Hall–Kier alpha value is -3.14. The van der Waals surface area contributed by atoms with Gasteiger partial charge in [0.05, 0.1) is 12.7 Å². The minimum absolute atomic E-state index is 0.0345. The molecule has 2 amide bonds. The molecule has 29 heavy (non-hydrogen) atoms. The maximum Gasteiger partial charge on any atom is 0.332 e. The standard InChI is InChI=1S/C19H26N4O6/c1-2-28-18(26)12-29-15-7-9-23(10-8-15)17(25)11-16(24)21-14-5-3-13(4-6-14)19(20)22-27/h3-6,15,27H,2,7-12H2,1H3,(H2,20,22)(H,21,24). The van der Waals surface area contributed by atoms with Crippen LogP contribution in [0.3, 0.4) is 0 Å². The molecule has 10 heteroatoms. The number of likely N-dealkylation sites (tertiary alicyclic amines) is 1. The molecule has 0 spiro atoms. The van der Waals surface area contributed by atoms with E-state index in [0.717, 1.165) is 0 Å². The van der Waals surface area contributed by atoms with E-state index in [1.807, 2.05) is 0 Å². The predicted octanol–water partition coefficient (Wildman–Crippen LogP) is 0.680. The van der Waals surface area contributed by atoms with Crippen molar-refractivity contribution in [2.75, 3.05) is 31.6 Å². The van der Waals surface area contributed by atoms with Crippen LogP contribution >= 0.6 is 0 Å². The molecule has 158 valence electrons. The number of oxime groups is 1. The third-order valence-corrected chi connectivity index (χ3v) is 4.42. The first-order valence-corrected chi connectivity index (χ1v) is 9.35. The Bertz CT molecular complexity index is 742. The average molecular weight is 406 g/mol. The number of hydrogen-bond donors (Lipinski definition) is 3. The molecule has 1 aromatic carbocycles. The zero-order chi connectivity index (χ0) is 21.2. The van der Waals surface area contributed by atoms with Crippen LogP contribution in [0.25, 0.3) is 0 Å². The normalized spacial score (nSPS) is 15.1. The average Bonchev–Trinajstić information content (AvgIpc) is 2.72. The van der Waals surface area contributed by atoms with Gasteiger partial charge in [-0.15, -0.1) is 0 Å². The van der Waals surface area contributed by atoms with Gasteiger partial charge in [0.2, 0.25) is 11.8 Å². The minimum atomic E-state index is -0.424. The summed E-state index contributed by atoms with van der Waals surface area (Å²) < 4.78 is 10.3. The number of rotatable bonds is 8. The Morgan fingerprint density at radius 1 is 1.24 bits per heavy atom. The number of piperidine rings is 1. The van der Waals surface area contributed by atoms with Crippen molar-refractivity contribution in [3.8, 4) is 0 Å². The SMILES string of the molecule is CCOC(=O)COC1CCN(C(=O)CC(=O)Nc2ccc(/C(N)=N/O)cc2)CC1. The van der Waals surface area contributed by atoms with E-state index >= 15 is 0 Å². The minimum Gasteiger partial charge on any atom is -0.464 e. The Balaban J connectivity index is 1.73. The van der Waals surface area contributed by atoms with Gasteiger partial charge in [-0.25, -0.2) is 4.79 Å². The first-order valence-electron chi connectivity index (χ1n) is 9.35. The van der Waals surface area contributed by atoms with Gasteiger partial charge in [-0.3, -0.25) is 9.59 Å². The maximum absolute atomic E-state index is 12.3. The van der Waals surface area contributed by atoms with Crippen molar-refractivity contribution in [2.24, 2.45) is 10.9 Å². The lowest BCUT2D eigenvalue weighted by molar-refractivity contribution is -0.152. The number of benzene rings is 1. The highest BCUT2D eigenvalue weighted by atomic mass is 16.6. The van der Waals surface area contributed by atoms with Crippen molar-refractivity contribution in [1.29, 1.82) is 0 Å². The highest BCUT2D eigenvalue weighted by molar-refractivity contribution is 6.04.